The Morgan fingerprint density at radius 2 is 1.91 bits per heavy atom. The van der Waals surface area contributed by atoms with Gasteiger partial charge < -0.3 is 21.1 Å². The molecular formula is C24H29FIN7O. The molecule has 0 radical (unpaired) electrons. The van der Waals surface area contributed by atoms with Crippen LogP contribution in [0.15, 0.2) is 59.6 Å². The Kier molecular flexibility index (Phi) is 11.1. The molecule has 180 valence electrons. The number of nitrogens with two attached hydrogens (primary N) is 1. The molecule has 34 heavy (non-hydrogen) atoms. The van der Waals surface area contributed by atoms with Crippen LogP contribution in [0.3, 0.4) is 0 Å². The number of aromatic nitrogens is 2. The largest absolute Gasteiger partial charge is 0.492 e. The second kappa shape index (κ2) is 14.0. The molecule has 0 saturated carbocycles. The minimum absolute atomic E-state index is 0. The van der Waals surface area contributed by atoms with E-state index in [0.29, 0.717) is 55.4 Å². The van der Waals surface area contributed by atoms with Gasteiger partial charge in [0.1, 0.15) is 35.6 Å². The average molecular weight is 577 g/mol. The summed E-state index contributed by atoms with van der Waals surface area (Å²) in [6.07, 6.45) is 1.23. The van der Waals surface area contributed by atoms with Crippen molar-refractivity contribution in [1.82, 2.24) is 20.4 Å². The summed E-state index contributed by atoms with van der Waals surface area (Å²) in [6.45, 7) is 4.41. The maximum absolute atomic E-state index is 13.2. The standard InChI is InChI=1S/C24H28FN7O.HI/c1-2-28-24(30-15-16-33-20-7-4-3-5-8-20)29-14-6-9-22-21(17-26)23(27)32(31-22)19-12-10-18(25)11-13-19;/h3-5,7-8,10-13H,2,6,9,14-16,27H2,1H3,(H2,28,29,30);1H. The second-order valence-electron chi connectivity index (χ2n) is 7.16. The minimum Gasteiger partial charge on any atom is -0.492 e. The molecule has 0 amide bonds. The third kappa shape index (κ3) is 7.62. The Morgan fingerprint density at radius 1 is 1.18 bits per heavy atom. The molecule has 10 heteroatoms. The van der Waals surface area contributed by atoms with Gasteiger partial charge in [0, 0.05) is 13.1 Å². The molecule has 2 aromatic carbocycles. The number of halogens is 2. The summed E-state index contributed by atoms with van der Waals surface area (Å²) in [6, 6.07) is 17.6. The highest BCUT2D eigenvalue weighted by Crippen LogP contribution is 2.21. The maximum atomic E-state index is 13.2. The first-order valence-corrected chi connectivity index (χ1v) is 10.9. The first-order valence-electron chi connectivity index (χ1n) is 10.9. The van der Waals surface area contributed by atoms with Crippen LogP contribution in [0.25, 0.3) is 5.69 Å². The molecule has 3 rings (SSSR count). The zero-order chi connectivity index (χ0) is 23.5. The molecule has 0 aliphatic rings. The topological polar surface area (TPSA) is 113 Å². The Morgan fingerprint density at radius 3 is 2.59 bits per heavy atom. The van der Waals surface area contributed by atoms with Gasteiger partial charge >= 0.3 is 0 Å². The second-order valence-corrected chi connectivity index (χ2v) is 7.16. The summed E-state index contributed by atoms with van der Waals surface area (Å²) in [5.74, 6) is 1.43. The molecule has 0 aliphatic carbocycles. The molecule has 0 spiro atoms. The zero-order valence-corrected chi connectivity index (χ0v) is 21.3. The zero-order valence-electron chi connectivity index (χ0n) is 19.0. The summed E-state index contributed by atoms with van der Waals surface area (Å²) in [7, 11) is 0. The van der Waals surface area contributed by atoms with Crippen molar-refractivity contribution in [3.05, 3.63) is 71.7 Å². The summed E-state index contributed by atoms with van der Waals surface area (Å²) in [5, 5.41) is 20.4. The van der Waals surface area contributed by atoms with Crippen molar-refractivity contribution in [1.29, 1.82) is 5.26 Å². The maximum Gasteiger partial charge on any atom is 0.191 e. The molecular weight excluding hydrogens is 548 g/mol. The highest BCUT2D eigenvalue weighted by atomic mass is 127. The number of aryl methyl sites for hydroxylation is 1. The molecule has 8 nitrogen and oxygen atoms in total. The van der Waals surface area contributed by atoms with Crippen molar-refractivity contribution >= 4 is 35.8 Å². The Balaban J connectivity index is 0.00000408. The number of hydrogen-bond acceptors (Lipinski definition) is 5. The normalized spacial score (nSPS) is 10.8. The minimum atomic E-state index is -0.347. The van der Waals surface area contributed by atoms with Gasteiger partial charge in [0.25, 0.3) is 0 Å². The fraction of sp³-hybridized carbons (Fsp3) is 0.292. The van der Waals surface area contributed by atoms with E-state index in [2.05, 4.69) is 26.8 Å². The summed E-state index contributed by atoms with van der Waals surface area (Å²) < 4.78 is 20.4. The summed E-state index contributed by atoms with van der Waals surface area (Å²) >= 11 is 0. The highest BCUT2D eigenvalue weighted by Gasteiger charge is 2.16. The lowest BCUT2D eigenvalue weighted by atomic mass is 10.1. The van der Waals surface area contributed by atoms with Gasteiger partial charge in [0.15, 0.2) is 5.96 Å². The van der Waals surface area contributed by atoms with Crippen LogP contribution in [-0.2, 0) is 6.42 Å². The highest BCUT2D eigenvalue weighted by molar-refractivity contribution is 14.0. The lowest BCUT2D eigenvalue weighted by Gasteiger charge is -2.12. The molecule has 4 N–H and O–H groups in total. The van der Waals surface area contributed by atoms with Gasteiger partial charge in [-0.2, -0.15) is 10.4 Å². The van der Waals surface area contributed by atoms with Crippen molar-refractivity contribution in [2.45, 2.75) is 19.8 Å². The van der Waals surface area contributed by atoms with E-state index in [9.17, 15) is 9.65 Å². The quantitative estimate of drug-likeness (QED) is 0.147. The van der Waals surface area contributed by atoms with E-state index in [-0.39, 0.29) is 35.6 Å². The van der Waals surface area contributed by atoms with E-state index in [4.69, 9.17) is 10.5 Å². The van der Waals surface area contributed by atoms with Crippen LogP contribution in [0.1, 0.15) is 24.6 Å². The molecule has 1 heterocycles. The fourth-order valence-electron chi connectivity index (χ4n) is 3.19. The van der Waals surface area contributed by atoms with Crippen molar-refractivity contribution in [3.8, 4) is 17.5 Å². The van der Waals surface area contributed by atoms with Crippen molar-refractivity contribution < 1.29 is 9.13 Å². The van der Waals surface area contributed by atoms with Crippen LogP contribution in [0.4, 0.5) is 10.2 Å². The number of para-hydroxylation sites is 1. The Hall–Kier alpha value is -3.33. The van der Waals surface area contributed by atoms with E-state index in [1.807, 2.05) is 37.3 Å². The Labute approximate surface area is 216 Å². The van der Waals surface area contributed by atoms with Crippen LogP contribution in [0, 0.1) is 17.1 Å². The smallest absolute Gasteiger partial charge is 0.191 e. The SMILES string of the molecule is CCNC(=NCCCc1nn(-c2ccc(F)cc2)c(N)c1C#N)NCCOc1ccccc1.I. The lowest BCUT2D eigenvalue weighted by Crippen LogP contribution is -2.39. The number of rotatable bonds is 10. The third-order valence-corrected chi connectivity index (χ3v) is 4.77. The van der Waals surface area contributed by atoms with Crippen LogP contribution >= 0.6 is 24.0 Å². The van der Waals surface area contributed by atoms with Gasteiger partial charge in [-0.3, -0.25) is 4.99 Å². The first kappa shape index (κ1) is 26.9. The molecule has 0 atom stereocenters. The van der Waals surface area contributed by atoms with E-state index < -0.39 is 0 Å². The van der Waals surface area contributed by atoms with E-state index in [0.717, 1.165) is 12.3 Å². The summed E-state index contributed by atoms with van der Waals surface area (Å²) in [4.78, 5) is 4.57. The number of nitrogens with zero attached hydrogens (tertiary/aromatic N) is 4. The van der Waals surface area contributed by atoms with Crippen LogP contribution in [-0.4, -0.2) is 42.0 Å². The number of benzene rings is 2. The molecule has 0 bridgehead atoms. The number of nitriles is 1. The predicted molar refractivity (Wildman–Crippen MR) is 142 cm³/mol. The fourth-order valence-corrected chi connectivity index (χ4v) is 3.19. The van der Waals surface area contributed by atoms with Crippen molar-refractivity contribution in [2.24, 2.45) is 4.99 Å². The van der Waals surface area contributed by atoms with Crippen LogP contribution < -0.4 is 21.1 Å². The Bertz CT molecular complexity index is 1100. The number of anilines is 1. The predicted octanol–water partition coefficient (Wildman–Crippen LogP) is 3.65. The first-order chi connectivity index (χ1) is 16.1. The number of nitrogen functional groups attached to an aromatic ring is 1. The monoisotopic (exact) mass is 577 g/mol. The van der Waals surface area contributed by atoms with E-state index >= 15 is 0 Å². The molecule has 0 aliphatic heterocycles. The summed E-state index contributed by atoms with van der Waals surface area (Å²) in [5.41, 5.74) is 7.65. The number of nitrogens with one attached hydrogen (secondary N) is 2. The average Bonchev–Trinajstić information content (AvgIpc) is 3.15. The molecule has 3 aromatic rings. The number of guanidine groups is 1. The molecule has 0 fully saturated rings. The molecule has 0 unspecified atom stereocenters. The van der Waals surface area contributed by atoms with Gasteiger partial charge in [-0.05, 0) is 56.2 Å². The van der Waals surface area contributed by atoms with Crippen LogP contribution in [0.5, 0.6) is 5.75 Å². The van der Waals surface area contributed by atoms with E-state index in [1.54, 1.807) is 12.1 Å². The van der Waals surface area contributed by atoms with Gasteiger partial charge in [-0.1, -0.05) is 18.2 Å². The van der Waals surface area contributed by atoms with Gasteiger partial charge in [0.05, 0.1) is 17.9 Å². The van der Waals surface area contributed by atoms with Crippen LogP contribution in [0.2, 0.25) is 0 Å². The van der Waals surface area contributed by atoms with Crippen molar-refractivity contribution in [2.75, 3.05) is 32.0 Å². The molecule has 0 saturated heterocycles. The van der Waals surface area contributed by atoms with Gasteiger partial charge in [0.2, 0.25) is 0 Å². The molecule has 1 aromatic heterocycles. The number of hydrogen-bond donors (Lipinski definition) is 3. The van der Waals surface area contributed by atoms with E-state index in [1.165, 1.54) is 16.8 Å². The van der Waals surface area contributed by atoms with Gasteiger partial charge in [-0.15, -0.1) is 24.0 Å². The number of aliphatic imine (C=N–C) groups is 1. The lowest BCUT2D eigenvalue weighted by molar-refractivity contribution is 0.322. The third-order valence-electron chi connectivity index (χ3n) is 4.77. The van der Waals surface area contributed by atoms with Gasteiger partial charge in [-0.25, -0.2) is 9.07 Å². The number of ether oxygens (including phenoxy) is 1. The van der Waals surface area contributed by atoms with Crippen molar-refractivity contribution in [3.63, 3.8) is 0 Å².